The number of likely N-dealkylation sites (N-methyl/N-ethyl adjacent to an activating group) is 1. The van der Waals surface area contributed by atoms with Crippen molar-refractivity contribution in [2.24, 2.45) is 0 Å². The van der Waals surface area contributed by atoms with E-state index in [2.05, 4.69) is 35.6 Å². The lowest BCUT2D eigenvalue weighted by Gasteiger charge is -2.35. The fraction of sp³-hybridized carbons (Fsp3) is 0.684. The first-order chi connectivity index (χ1) is 12.4. The predicted octanol–water partition coefficient (Wildman–Crippen LogP) is 1.88. The van der Waals surface area contributed by atoms with Crippen LogP contribution >= 0.6 is 0 Å². The summed E-state index contributed by atoms with van der Waals surface area (Å²) in [5, 5.41) is 0. The summed E-state index contributed by atoms with van der Waals surface area (Å²) in [7, 11) is -3.51. The minimum absolute atomic E-state index is 0.0850. The van der Waals surface area contributed by atoms with Crippen LogP contribution in [0.15, 0.2) is 30.3 Å². The van der Waals surface area contributed by atoms with Gasteiger partial charge in [0.25, 0.3) is 10.2 Å². The molecule has 1 aliphatic heterocycles. The van der Waals surface area contributed by atoms with Gasteiger partial charge in [-0.15, -0.1) is 0 Å². The second kappa shape index (κ2) is 9.80. The van der Waals surface area contributed by atoms with Crippen molar-refractivity contribution in [2.75, 3.05) is 32.7 Å². The second-order valence-electron chi connectivity index (χ2n) is 6.99. The minimum atomic E-state index is -3.51. The summed E-state index contributed by atoms with van der Waals surface area (Å²) >= 11 is 0. The van der Waals surface area contributed by atoms with Crippen molar-refractivity contribution in [3.05, 3.63) is 35.9 Å². The minimum Gasteiger partial charge on any atom is -0.373 e. The fourth-order valence-electron chi connectivity index (χ4n) is 3.58. The Morgan fingerprint density at radius 3 is 2.27 bits per heavy atom. The largest absolute Gasteiger partial charge is 0.373 e. The molecule has 0 aromatic heterocycles. The molecule has 0 spiro atoms. The van der Waals surface area contributed by atoms with Gasteiger partial charge in [-0.1, -0.05) is 44.2 Å². The smallest absolute Gasteiger partial charge is 0.279 e. The van der Waals surface area contributed by atoms with Crippen LogP contribution < -0.4 is 4.72 Å². The van der Waals surface area contributed by atoms with Crippen molar-refractivity contribution in [1.82, 2.24) is 13.9 Å². The van der Waals surface area contributed by atoms with Crippen molar-refractivity contribution < 1.29 is 13.2 Å². The molecule has 7 heteroatoms. The third kappa shape index (κ3) is 6.03. The van der Waals surface area contributed by atoms with Crippen LogP contribution in [-0.4, -0.2) is 68.6 Å². The Morgan fingerprint density at radius 1 is 1.15 bits per heavy atom. The number of ether oxygens (including phenoxy) is 1. The summed E-state index contributed by atoms with van der Waals surface area (Å²) in [6, 6.07) is 10.4. The Labute approximate surface area is 158 Å². The molecular weight excluding hydrogens is 350 g/mol. The number of hydrogen-bond donors (Lipinski definition) is 1. The van der Waals surface area contributed by atoms with E-state index in [-0.39, 0.29) is 18.2 Å². The zero-order valence-electron chi connectivity index (χ0n) is 16.4. The van der Waals surface area contributed by atoms with E-state index >= 15 is 0 Å². The number of benzene rings is 1. The van der Waals surface area contributed by atoms with E-state index in [0.717, 1.165) is 19.5 Å². The molecule has 1 aliphatic rings. The van der Waals surface area contributed by atoms with Gasteiger partial charge >= 0.3 is 0 Å². The van der Waals surface area contributed by atoms with Gasteiger partial charge in [0.05, 0.1) is 12.2 Å². The molecule has 2 rings (SSSR count). The van der Waals surface area contributed by atoms with Gasteiger partial charge < -0.3 is 4.74 Å². The molecule has 1 heterocycles. The first-order valence-electron chi connectivity index (χ1n) is 9.53. The van der Waals surface area contributed by atoms with E-state index in [1.54, 1.807) is 0 Å². The quantitative estimate of drug-likeness (QED) is 0.707. The second-order valence-corrected chi connectivity index (χ2v) is 8.75. The number of morpholine rings is 1. The highest BCUT2D eigenvalue weighted by atomic mass is 32.2. The summed E-state index contributed by atoms with van der Waals surface area (Å²) in [6.07, 6.45) is 0.650. The van der Waals surface area contributed by atoms with Crippen LogP contribution in [0.25, 0.3) is 0 Å². The van der Waals surface area contributed by atoms with Crippen LogP contribution in [0.4, 0.5) is 0 Å². The third-order valence-corrected chi connectivity index (χ3v) is 6.38. The van der Waals surface area contributed by atoms with Gasteiger partial charge in [0.1, 0.15) is 0 Å². The Kier molecular flexibility index (Phi) is 8.04. The molecule has 0 radical (unpaired) electrons. The Hall–Kier alpha value is -0.990. The van der Waals surface area contributed by atoms with Crippen molar-refractivity contribution in [1.29, 1.82) is 0 Å². The highest BCUT2D eigenvalue weighted by Gasteiger charge is 2.31. The zero-order chi connectivity index (χ0) is 19.2. The topological polar surface area (TPSA) is 61.9 Å². The van der Waals surface area contributed by atoms with E-state index in [1.807, 2.05) is 32.0 Å². The molecule has 6 nitrogen and oxygen atoms in total. The van der Waals surface area contributed by atoms with Crippen LogP contribution in [0.2, 0.25) is 0 Å². The van der Waals surface area contributed by atoms with Crippen LogP contribution in [0.1, 0.15) is 33.3 Å². The van der Waals surface area contributed by atoms with Crippen LogP contribution in [0, 0.1) is 0 Å². The van der Waals surface area contributed by atoms with Crippen molar-refractivity contribution in [2.45, 2.75) is 52.4 Å². The van der Waals surface area contributed by atoms with Gasteiger partial charge in [0.15, 0.2) is 0 Å². The molecule has 3 atom stereocenters. The Balaban J connectivity index is 2.05. The molecule has 0 saturated carbocycles. The van der Waals surface area contributed by atoms with Gasteiger partial charge in [-0.3, -0.25) is 4.90 Å². The Bertz CT molecular complexity index is 625. The summed E-state index contributed by atoms with van der Waals surface area (Å²) in [5.74, 6) is 0. The van der Waals surface area contributed by atoms with E-state index in [0.29, 0.717) is 19.6 Å². The monoisotopic (exact) mass is 383 g/mol. The first-order valence-corrected chi connectivity index (χ1v) is 11.0. The SMILES string of the molecule is CCN(CC)[C@@H](CNS(=O)(=O)N1C[C@@H](C)O[C@@H](C)C1)Cc1ccccc1. The lowest BCUT2D eigenvalue weighted by molar-refractivity contribution is -0.0444. The fourth-order valence-corrected chi connectivity index (χ4v) is 4.97. The van der Waals surface area contributed by atoms with Crippen molar-refractivity contribution in [3.8, 4) is 0 Å². The molecule has 0 unspecified atom stereocenters. The standard InChI is InChI=1S/C19H33N3O3S/c1-5-21(6-2)19(12-18-10-8-7-9-11-18)13-20-26(23,24)22-14-16(3)25-17(4)15-22/h7-11,16-17,19-20H,5-6,12-15H2,1-4H3/t16-,17+,19-/m1/s1. The van der Waals surface area contributed by atoms with Gasteiger partial charge in [-0.25, -0.2) is 4.72 Å². The van der Waals surface area contributed by atoms with Crippen LogP contribution in [0.3, 0.4) is 0 Å². The number of nitrogens with one attached hydrogen (secondary N) is 1. The maximum absolute atomic E-state index is 12.8. The summed E-state index contributed by atoms with van der Waals surface area (Å²) < 4.78 is 35.5. The third-order valence-electron chi connectivity index (χ3n) is 4.87. The molecule has 26 heavy (non-hydrogen) atoms. The molecule has 0 aliphatic carbocycles. The molecule has 1 fully saturated rings. The average molecular weight is 384 g/mol. The lowest BCUT2D eigenvalue weighted by atomic mass is 10.0. The number of rotatable bonds is 9. The summed E-state index contributed by atoms with van der Waals surface area (Å²) in [5.41, 5.74) is 1.22. The molecule has 148 valence electrons. The molecule has 0 bridgehead atoms. The van der Waals surface area contributed by atoms with E-state index in [9.17, 15) is 8.42 Å². The first kappa shape index (κ1) is 21.3. The maximum Gasteiger partial charge on any atom is 0.279 e. The summed E-state index contributed by atoms with van der Waals surface area (Å²) in [4.78, 5) is 2.31. The normalized spacial score (nSPS) is 23.3. The van der Waals surface area contributed by atoms with E-state index < -0.39 is 10.2 Å². The molecule has 1 aromatic rings. The maximum atomic E-state index is 12.8. The van der Waals surface area contributed by atoms with E-state index in [1.165, 1.54) is 9.87 Å². The van der Waals surface area contributed by atoms with Gasteiger partial charge in [-0.05, 0) is 38.9 Å². The molecule has 1 saturated heterocycles. The van der Waals surface area contributed by atoms with Gasteiger partial charge in [0, 0.05) is 25.7 Å². The highest BCUT2D eigenvalue weighted by molar-refractivity contribution is 7.87. The predicted molar refractivity (Wildman–Crippen MR) is 105 cm³/mol. The molecule has 0 amide bonds. The van der Waals surface area contributed by atoms with Crippen molar-refractivity contribution in [3.63, 3.8) is 0 Å². The van der Waals surface area contributed by atoms with E-state index in [4.69, 9.17) is 4.74 Å². The molecule has 1 aromatic carbocycles. The number of hydrogen-bond acceptors (Lipinski definition) is 4. The van der Waals surface area contributed by atoms with Crippen LogP contribution in [-0.2, 0) is 21.4 Å². The van der Waals surface area contributed by atoms with Gasteiger partial charge in [-0.2, -0.15) is 12.7 Å². The zero-order valence-corrected chi connectivity index (χ0v) is 17.2. The van der Waals surface area contributed by atoms with Gasteiger partial charge in [0.2, 0.25) is 0 Å². The summed E-state index contributed by atoms with van der Waals surface area (Å²) in [6.45, 7) is 11.0. The van der Waals surface area contributed by atoms with Crippen molar-refractivity contribution >= 4 is 10.2 Å². The average Bonchev–Trinajstić information content (AvgIpc) is 2.60. The molecule has 1 N–H and O–H groups in total. The van der Waals surface area contributed by atoms with Crippen LogP contribution in [0.5, 0.6) is 0 Å². The molecular formula is C19H33N3O3S. The Morgan fingerprint density at radius 2 is 1.73 bits per heavy atom. The number of nitrogens with zero attached hydrogens (tertiary/aromatic N) is 2. The lowest BCUT2D eigenvalue weighted by Crippen LogP contribution is -2.54. The highest BCUT2D eigenvalue weighted by Crippen LogP contribution is 2.14.